The van der Waals surface area contributed by atoms with Gasteiger partial charge in [-0.15, -0.1) is 0 Å². The number of hydrogen-bond acceptors (Lipinski definition) is 5. The monoisotopic (exact) mass is 354 g/mol. The lowest BCUT2D eigenvalue weighted by Gasteiger charge is -2.18. The maximum absolute atomic E-state index is 12.8. The molecule has 5 heteroatoms. The van der Waals surface area contributed by atoms with Crippen LogP contribution in [-0.2, 0) is 20.9 Å². The van der Waals surface area contributed by atoms with E-state index in [-0.39, 0.29) is 18.3 Å². The summed E-state index contributed by atoms with van der Waals surface area (Å²) in [6.07, 6.45) is -1.18. The van der Waals surface area contributed by atoms with Crippen molar-refractivity contribution >= 4 is 17.5 Å². The molecule has 2 aromatic carbocycles. The van der Waals surface area contributed by atoms with E-state index in [1.54, 1.807) is 13.8 Å². The van der Waals surface area contributed by atoms with Gasteiger partial charge in [0, 0.05) is 11.5 Å². The number of esters is 1. The van der Waals surface area contributed by atoms with Gasteiger partial charge in [-0.25, -0.2) is 4.79 Å². The average molecular weight is 354 g/mol. The molecule has 26 heavy (non-hydrogen) atoms. The van der Waals surface area contributed by atoms with Crippen LogP contribution in [0.25, 0.3) is 0 Å². The van der Waals surface area contributed by atoms with Gasteiger partial charge >= 0.3 is 5.97 Å². The molecule has 0 N–H and O–H groups in total. The Hall–Kier alpha value is -2.79. The number of ketones is 2. The molecule has 0 aliphatic heterocycles. The highest BCUT2D eigenvalue weighted by Crippen LogP contribution is 2.15. The first-order valence-electron chi connectivity index (χ1n) is 8.36. The van der Waals surface area contributed by atoms with E-state index in [0.29, 0.717) is 11.1 Å². The first-order chi connectivity index (χ1) is 12.4. The second kappa shape index (κ2) is 9.06. The summed E-state index contributed by atoms with van der Waals surface area (Å²) in [6.45, 7) is 3.62. The van der Waals surface area contributed by atoms with Gasteiger partial charge in [-0.05, 0) is 17.7 Å². The Morgan fingerprint density at radius 1 is 0.885 bits per heavy atom. The molecular weight excluding hydrogens is 332 g/mol. The van der Waals surface area contributed by atoms with E-state index in [0.717, 1.165) is 5.56 Å². The predicted molar refractivity (Wildman–Crippen MR) is 97.0 cm³/mol. The minimum Gasteiger partial charge on any atom is -0.465 e. The van der Waals surface area contributed by atoms with Crippen molar-refractivity contribution in [2.45, 2.75) is 26.6 Å². The van der Waals surface area contributed by atoms with Gasteiger partial charge in [0.25, 0.3) is 0 Å². The molecule has 0 radical (unpaired) electrons. The largest absolute Gasteiger partial charge is 0.465 e. The van der Waals surface area contributed by atoms with Crippen molar-refractivity contribution in [2.75, 3.05) is 7.11 Å². The van der Waals surface area contributed by atoms with Crippen LogP contribution < -0.4 is 0 Å². The topological polar surface area (TPSA) is 69.7 Å². The van der Waals surface area contributed by atoms with Crippen LogP contribution in [0.2, 0.25) is 0 Å². The normalized spacial score (nSPS) is 11.8. The summed E-state index contributed by atoms with van der Waals surface area (Å²) < 4.78 is 10.3. The molecular formula is C21H22O5. The van der Waals surface area contributed by atoms with E-state index in [1.165, 1.54) is 31.4 Å². The third-order valence-electron chi connectivity index (χ3n) is 3.92. The van der Waals surface area contributed by atoms with Crippen molar-refractivity contribution in [3.05, 3.63) is 71.3 Å². The molecule has 0 saturated carbocycles. The molecule has 1 atom stereocenters. The zero-order valence-electron chi connectivity index (χ0n) is 15.1. The molecule has 0 heterocycles. The summed E-state index contributed by atoms with van der Waals surface area (Å²) in [6, 6.07) is 15.3. The van der Waals surface area contributed by atoms with Crippen LogP contribution in [0.3, 0.4) is 0 Å². The number of methoxy groups -OCH3 is 1. The lowest BCUT2D eigenvalue weighted by atomic mass is 9.96. The van der Waals surface area contributed by atoms with Crippen molar-refractivity contribution in [1.29, 1.82) is 0 Å². The fraction of sp³-hybridized carbons (Fsp3) is 0.286. The van der Waals surface area contributed by atoms with Crippen molar-refractivity contribution in [3.8, 4) is 0 Å². The van der Waals surface area contributed by atoms with Crippen molar-refractivity contribution in [1.82, 2.24) is 0 Å². The maximum Gasteiger partial charge on any atom is 0.337 e. The molecule has 5 nitrogen and oxygen atoms in total. The molecule has 0 aliphatic rings. The third kappa shape index (κ3) is 4.86. The van der Waals surface area contributed by atoms with Crippen molar-refractivity contribution in [3.63, 3.8) is 0 Å². The Balaban J connectivity index is 2.19. The second-order valence-corrected chi connectivity index (χ2v) is 6.17. The Bertz CT molecular complexity index is 763. The molecule has 0 saturated heterocycles. The van der Waals surface area contributed by atoms with Gasteiger partial charge in [-0.3, -0.25) is 9.59 Å². The molecule has 0 fully saturated rings. The minimum absolute atomic E-state index is 0.163. The summed E-state index contributed by atoms with van der Waals surface area (Å²) in [4.78, 5) is 36.8. The molecule has 2 aromatic rings. The smallest absolute Gasteiger partial charge is 0.337 e. The standard InChI is InChI=1S/C21H22O5/c1-14(2)18(22)20(26-13-15-7-5-4-6-8-15)19(23)16-9-11-17(12-10-16)21(24)25-3/h4-12,14,20H,13H2,1-3H3. The van der Waals surface area contributed by atoms with Gasteiger partial charge in [0.15, 0.2) is 17.7 Å². The predicted octanol–water partition coefficient (Wildman–Crippen LogP) is 3.47. The highest BCUT2D eigenvalue weighted by molar-refractivity contribution is 6.13. The van der Waals surface area contributed by atoms with Gasteiger partial charge in [-0.1, -0.05) is 56.3 Å². The van der Waals surface area contributed by atoms with E-state index in [2.05, 4.69) is 4.74 Å². The molecule has 0 amide bonds. The van der Waals surface area contributed by atoms with E-state index in [1.807, 2.05) is 30.3 Å². The molecule has 0 bridgehead atoms. The third-order valence-corrected chi connectivity index (χ3v) is 3.92. The number of rotatable bonds is 8. The number of ether oxygens (including phenoxy) is 2. The van der Waals surface area contributed by atoms with Crippen LogP contribution in [0, 0.1) is 5.92 Å². The Morgan fingerprint density at radius 3 is 2.00 bits per heavy atom. The number of carbonyl (C=O) groups is 3. The minimum atomic E-state index is -1.18. The van der Waals surface area contributed by atoms with Crippen LogP contribution in [-0.4, -0.2) is 30.7 Å². The van der Waals surface area contributed by atoms with Crippen molar-refractivity contribution < 1.29 is 23.9 Å². The van der Waals surface area contributed by atoms with Crippen LogP contribution in [0.4, 0.5) is 0 Å². The highest BCUT2D eigenvalue weighted by atomic mass is 16.5. The van der Waals surface area contributed by atoms with Crippen LogP contribution in [0.5, 0.6) is 0 Å². The van der Waals surface area contributed by atoms with Crippen LogP contribution in [0.1, 0.15) is 40.1 Å². The number of Topliss-reactive ketones (excluding diaryl/α,β-unsaturated/α-hetero) is 2. The number of carbonyl (C=O) groups excluding carboxylic acids is 3. The lowest BCUT2D eigenvalue weighted by Crippen LogP contribution is -2.36. The Labute approximate surface area is 152 Å². The lowest BCUT2D eigenvalue weighted by molar-refractivity contribution is -0.131. The molecule has 0 aliphatic carbocycles. The summed E-state index contributed by atoms with van der Waals surface area (Å²) in [7, 11) is 1.29. The molecule has 0 spiro atoms. The van der Waals surface area contributed by atoms with Gasteiger partial charge in [-0.2, -0.15) is 0 Å². The molecule has 1 unspecified atom stereocenters. The quantitative estimate of drug-likeness (QED) is 0.412. The van der Waals surface area contributed by atoms with Gasteiger partial charge in [0.2, 0.25) is 0 Å². The van der Waals surface area contributed by atoms with E-state index < -0.39 is 17.9 Å². The summed E-state index contributed by atoms with van der Waals surface area (Å²) >= 11 is 0. The van der Waals surface area contributed by atoms with E-state index >= 15 is 0 Å². The maximum atomic E-state index is 12.8. The first-order valence-corrected chi connectivity index (χ1v) is 8.36. The van der Waals surface area contributed by atoms with Crippen LogP contribution in [0.15, 0.2) is 54.6 Å². The zero-order chi connectivity index (χ0) is 19.1. The SMILES string of the molecule is COC(=O)c1ccc(C(=O)C(OCc2ccccc2)C(=O)C(C)C)cc1. The molecule has 2 rings (SSSR count). The molecule has 136 valence electrons. The fourth-order valence-electron chi connectivity index (χ4n) is 2.38. The van der Waals surface area contributed by atoms with Crippen LogP contribution >= 0.6 is 0 Å². The Kier molecular flexibility index (Phi) is 6.81. The second-order valence-electron chi connectivity index (χ2n) is 6.17. The van der Waals surface area contributed by atoms with Gasteiger partial charge < -0.3 is 9.47 Å². The van der Waals surface area contributed by atoms with Gasteiger partial charge in [0.1, 0.15) is 0 Å². The van der Waals surface area contributed by atoms with Gasteiger partial charge in [0.05, 0.1) is 19.3 Å². The summed E-state index contributed by atoms with van der Waals surface area (Å²) in [5.74, 6) is -1.52. The fourth-order valence-corrected chi connectivity index (χ4v) is 2.38. The van der Waals surface area contributed by atoms with E-state index in [4.69, 9.17) is 4.74 Å². The number of hydrogen-bond donors (Lipinski definition) is 0. The van der Waals surface area contributed by atoms with Crippen molar-refractivity contribution in [2.24, 2.45) is 5.92 Å². The average Bonchev–Trinajstić information content (AvgIpc) is 2.68. The summed E-state index contributed by atoms with van der Waals surface area (Å²) in [5.41, 5.74) is 1.52. The zero-order valence-corrected chi connectivity index (χ0v) is 15.1. The van der Waals surface area contributed by atoms with E-state index in [9.17, 15) is 14.4 Å². The Morgan fingerprint density at radius 2 is 1.46 bits per heavy atom. The molecule has 0 aromatic heterocycles. The number of benzene rings is 2. The highest BCUT2D eigenvalue weighted by Gasteiger charge is 2.30. The first kappa shape index (κ1) is 19.5. The summed E-state index contributed by atoms with van der Waals surface area (Å²) in [5, 5.41) is 0.